The van der Waals surface area contributed by atoms with E-state index >= 15 is 0 Å². The highest BCUT2D eigenvalue weighted by molar-refractivity contribution is 6.02. The molecule has 2 aliphatic rings. The van der Waals surface area contributed by atoms with Crippen LogP contribution in [-0.2, 0) is 20.9 Å². The van der Waals surface area contributed by atoms with Crippen LogP contribution in [0.5, 0.6) is 0 Å². The second-order valence-electron chi connectivity index (χ2n) is 6.21. The van der Waals surface area contributed by atoms with Crippen LogP contribution in [0.2, 0.25) is 0 Å². The largest absolute Gasteiger partial charge is 0.340 e. The number of imide groups is 1. The molecule has 3 amide bonds. The van der Waals surface area contributed by atoms with Gasteiger partial charge in [0.05, 0.1) is 0 Å². The van der Waals surface area contributed by atoms with Crippen LogP contribution < -0.4 is 0 Å². The topological polar surface area (TPSA) is 73.8 Å². The van der Waals surface area contributed by atoms with E-state index in [4.69, 9.17) is 0 Å². The van der Waals surface area contributed by atoms with Gasteiger partial charge >= 0.3 is 0 Å². The Balaban J connectivity index is 1.42. The summed E-state index contributed by atoms with van der Waals surface area (Å²) in [5, 5.41) is 0. The maximum atomic E-state index is 12.3. The smallest absolute Gasteiger partial charge is 0.229 e. The zero-order chi connectivity index (χ0) is 16.9. The predicted molar refractivity (Wildman–Crippen MR) is 86.7 cm³/mol. The number of nitrogens with zero attached hydrogens (tertiary/aromatic N) is 4. The van der Waals surface area contributed by atoms with Crippen LogP contribution in [0.25, 0.3) is 0 Å². The molecule has 2 fully saturated rings. The lowest BCUT2D eigenvalue weighted by Crippen LogP contribution is -2.49. The molecule has 2 saturated heterocycles. The van der Waals surface area contributed by atoms with Crippen molar-refractivity contribution in [3.8, 4) is 0 Å². The fourth-order valence-electron chi connectivity index (χ4n) is 3.14. The number of carbonyl (C=O) groups is 3. The molecule has 3 rings (SSSR count). The molecular formula is C17H22N4O3. The van der Waals surface area contributed by atoms with Crippen molar-refractivity contribution in [1.29, 1.82) is 0 Å². The van der Waals surface area contributed by atoms with Crippen LogP contribution in [-0.4, -0.2) is 70.1 Å². The first kappa shape index (κ1) is 16.6. The summed E-state index contributed by atoms with van der Waals surface area (Å²) in [6.45, 7) is 4.06. The van der Waals surface area contributed by atoms with Gasteiger partial charge in [0.15, 0.2) is 0 Å². The number of pyridine rings is 1. The van der Waals surface area contributed by atoms with E-state index in [2.05, 4.69) is 16.0 Å². The van der Waals surface area contributed by atoms with Gasteiger partial charge in [0, 0.05) is 70.9 Å². The Bertz CT molecular complexity index is 596. The summed E-state index contributed by atoms with van der Waals surface area (Å²) in [6.07, 6.45) is 4.40. The van der Waals surface area contributed by atoms with Crippen molar-refractivity contribution in [2.45, 2.75) is 25.8 Å². The van der Waals surface area contributed by atoms with Crippen LogP contribution in [0.4, 0.5) is 0 Å². The van der Waals surface area contributed by atoms with Gasteiger partial charge in [0.1, 0.15) is 0 Å². The van der Waals surface area contributed by atoms with Crippen molar-refractivity contribution in [1.82, 2.24) is 19.7 Å². The first-order chi connectivity index (χ1) is 11.6. The maximum absolute atomic E-state index is 12.3. The monoisotopic (exact) mass is 330 g/mol. The van der Waals surface area contributed by atoms with E-state index in [9.17, 15) is 14.4 Å². The van der Waals surface area contributed by atoms with Crippen molar-refractivity contribution >= 4 is 17.7 Å². The minimum atomic E-state index is -0.158. The van der Waals surface area contributed by atoms with E-state index in [1.807, 2.05) is 17.2 Å². The van der Waals surface area contributed by atoms with Crippen LogP contribution in [0, 0.1) is 0 Å². The molecule has 7 nitrogen and oxygen atoms in total. The lowest BCUT2D eigenvalue weighted by Gasteiger charge is -2.35. The summed E-state index contributed by atoms with van der Waals surface area (Å²) < 4.78 is 0. The fourth-order valence-corrected chi connectivity index (χ4v) is 3.14. The molecule has 1 aromatic rings. The molecule has 0 radical (unpaired) electrons. The molecule has 0 atom stereocenters. The molecule has 0 bridgehead atoms. The van der Waals surface area contributed by atoms with Crippen molar-refractivity contribution < 1.29 is 14.4 Å². The molecule has 0 aliphatic carbocycles. The summed E-state index contributed by atoms with van der Waals surface area (Å²) in [5.74, 6) is -0.299. The zero-order valence-electron chi connectivity index (χ0n) is 13.7. The highest BCUT2D eigenvalue weighted by Crippen LogP contribution is 2.13. The zero-order valence-corrected chi connectivity index (χ0v) is 13.7. The Morgan fingerprint density at radius 2 is 1.79 bits per heavy atom. The molecule has 128 valence electrons. The van der Waals surface area contributed by atoms with E-state index in [1.54, 1.807) is 6.20 Å². The summed E-state index contributed by atoms with van der Waals surface area (Å²) >= 11 is 0. The maximum Gasteiger partial charge on any atom is 0.229 e. The molecule has 3 heterocycles. The lowest BCUT2D eigenvalue weighted by molar-refractivity contribution is -0.139. The van der Waals surface area contributed by atoms with E-state index in [0.717, 1.165) is 19.6 Å². The average molecular weight is 330 g/mol. The van der Waals surface area contributed by atoms with Crippen LogP contribution >= 0.6 is 0 Å². The molecule has 7 heteroatoms. The third-order valence-electron chi connectivity index (χ3n) is 4.56. The van der Waals surface area contributed by atoms with Crippen LogP contribution in [0.1, 0.15) is 24.8 Å². The van der Waals surface area contributed by atoms with Gasteiger partial charge in [-0.3, -0.25) is 29.2 Å². The average Bonchev–Trinajstić information content (AvgIpc) is 2.92. The number of aromatic nitrogens is 1. The van der Waals surface area contributed by atoms with E-state index in [0.29, 0.717) is 13.1 Å². The summed E-state index contributed by atoms with van der Waals surface area (Å²) in [4.78, 5) is 44.9. The molecule has 1 aromatic heterocycles. The van der Waals surface area contributed by atoms with Gasteiger partial charge in [0.25, 0.3) is 0 Å². The van der Waals surface area contributed by atoms with E-state index < -0.39 is 0 Å². The molecule has 0 aromatic carbocycles. The van der Waals surface area contributed by atoms with Crippen molar-refractivity contribution in [2.75, 3.05) is 32.7 Å². The normalized spacial score (nSPS) is 19.2. The standard InChI is InChI=1S/C17H22N4O3/c22-15(5-7-21-16(23)3-4-17(21)24)20-10-8-19(9-11-20)13-14-2-1-6-18-12-14/h1-2,6,12H,3-5,7-11,13H2. The first-order valence-electron chi connectivity index (χ1n) is 8.36. The van der Waals surface area contributed by atoms with Gasteiger partial charge in [-0.2, -0.15) is 0 Å². The number of hydrogen-bond donors (Lipinski definition) is 0. The molecule has 0 N–H and O–H groups in total. The predicted octanol–water partition coefficient (Wildman–Crippen LogP) is 0.265. The van der Waals surface area contributed by atoms with E-state index in [-0.39, 0.29) is 43.5 Å². The Hall–Kier alpha value is -2.28. The van der Waals surface area contributed by atoms with Crippen molar-refractivity contribution in [2.24, 2.45) is 0 Å². The van der Waals surface area contributed by atoms with Gasteiger partial charge in [-0.05, 0) is 11.6 Å². The third kappa shape index (κ3) is 3.97. The number of carbonyl (C=O) groups excluding carboxylic acids is 3. The van der Waals surface area contributed by atoms with Gasteiger partial charge in [0.2, 0.25) is 17.7 Å². The Kier molecular flexibility index (Phi) is 5.20. The van der Waals surface area contributed by atoms with Gasteiger partial charge < -0.3 is 4.90 Å². The Morgan fingerprint density at radius 1 is 1.08 bits per heavy atom. The fraction of sp³-hybridized carbons (Fsp3) is 0.529. The number of piperazine rings is 1. The minimum absolute atomic E-state index is 0.0172. The molecule has 0 spiro atoms. The SMILES string of the molecule is O=C(CCN1C(=O)CCC1=O)N1CCN(Cc2cccnc2)CC1. The highest BCUT2D eigenvalue weighted by atomic mass is 16.2. The molecular weight excluding hydrogens is 308 g/mol. The molecule has 2 aliphatic heterocycles. The lowest BCUT2D eigenvalue weighted by atomic mass is 10.2. The summed E-state index contributed by atoms with van der Waals surface area (Å²) in [5.41, 5.74) is 1.17. The number of amides is 3. The van der Waals surface area contributed by atoms with Crippen molar-refractivity contribution in [3.05, 3.63) is 30.1 Å². The van der Waals surface area contributed by atoms with Gasteiger partial charge in [-0.15, -0.1) is 0 Å². The Labute approximate surface area is 141 Å². The van der Waals surface area contributed by atoms with Crippen LogP contribution in [0.3, 0.4) is 0 Å². The number of rotatable bonds is 5. The summed E-state index contributed by atoms with van der Waals surface area (Å²) in [7, 11) is 0. The molecule has 24 heavy (non-hydrogen) atoms. The summed E-state index contributed by atoms with van der Waals surface area (Å²) in [6, 6.07) is 3.98. The molecule has 0 saturated carbocycles. The Morgan fingerprint density at radius 3 is 2.42 bits per heavy atom. The second kappa shape index (κ2) is 7.53. The first-order valence-corrected chi connectivity index (χ1v) is 8.36. The van der Waals surface area contributed by atoms with Gasteiger partial charge in [-0.1, -0.05) is 6.07 Å². The second-order valence-corrected chi connectivity index (χ2v) is 6.21. The van der Waals surface area contributed by atoms with Crippen molar-refractivity contribution in [3.63, 3.8) is 0 Å². The third-order valence-corrected chi connectivity index (χ3v) is 4.56. The van der Waals surface area contributed by atoms with Crippen LogP contribution in [0.15, 0.2) is 24.5 Å². The number of hydrogen-bond acceptors (Lipinski definition) is 5. The minimum Gasteiger partial charge on any atom is -0.340 e. The highest BCUT2D eigenvalue weighted by Gasteiger charge is 2.30. The molecule has 0 unspecified atom stereocenters. The van der Waals surface area contributed by atoms with E-state index in [1.165, 1.54) is 10.5 Å². The van der Waals surface area contributed by atoms with Gasteiger partial charge in [-0.25, -0.2) is 0 Å². The number of likely N-dealkylation sites (tertiary alicyclic amines) is 1. The quantitative estimate of drug-likeness (QED) is 0.724.